The lowest BCUT2D eigenvalue weighted by molar-refractivity contribution is 0.0942. The molecule has 0 aliphatic heterocycles. The summed E-state index contributed by atoms with van der Waals surface area (Å²) in [5, 5.41) is 4.15. The largest absolute Gasteiger partial charge is 0.327 e. The van der Waals surface area contributed by atoms with Crippen molar-refractivity contribution in [2.75, 3.05) is 0 Å². The maximum absolute atomic E-state index is 12.1. The average molecular weight is 237 g/mol. The van der Waals surface area contributed by atoms with Crippen LogP contribution >= 0.6 is 0 Å². The van der Waals surface area contributed by atoms with E-state index in [-0.39, 0.29) is 17.2 Å². The number of nitrogens with zero attached hydrogens (tertiary/aromatic N) is 2. The lowest BCUT2D eigenvalue weighted by atomic mass is 9.84. The molecule has 0 radical (unpaired) electrons. The standard InChI is InChI=1S/C13H23N3O/c1-5-8-16-10(6-7-15-16)11(17)9-12(14)13(2,3)4/h6-7,12H,5,8-9,14H2,1-4H3. The van der Waals surface area contributed by atoms with Crippen LogP contribution in [-0.2, 0) is 6.54 Å². The molecule has 1 aromatic heterocycles. The van der Waals surface area contributed by atoms with Gasteiger partial charge in [-0.2, -0.15) is 5.10 Å². The van der Waals surface area contributed by atoms with Crippen LogP contribution in [-0.4, -0.2) is 21.6 Å². The highest BCUT2D eigenvalue weighted by Gasteiger charge is 2.24. The number of aryl methyl sites for hydroxylation is 1. The Balaban J connectivity index is 2.73. The summed E-state index contributed by atoms with van der Waals surface area (Å²) in [6.45, 7) is 8.99. The van der Waals surface area contributed by atoms with Gasteiger partial charge in [0.05, 0.1) is 0 Å². The van der Waals surface area contributed by atoms with Crippen LogP contribution in [0.4, 0.5) is 0 Å². The Hall–Kier alpha value is -1.16. The Morgan fingerprint density at radius 3 is 2.71 bits per heavy atom. The van der Waals surface area contributed by atoms with E-state index in [1.54, 1.807) is 16.9 Å². The van der Waals surface area contributed by atoms with E-state index < -0.39 is 0 Å². The SMILES string of the molecule is CCCn1nccc1C(=O)CC(N)C(C)(C)C. The number of aromatic nitrogens is 2. The lowest BCUT2D eigenvalue weighted by Crippen LogP contribution is -2.37. The monoisotopic (exact) mass is 237 g/mol. The van der Waals surface area contributed by atoms with Gasteiger partial charge in [0.15, 0.2) is 5.78 Å². The molecule has 0 aromatic carbocycles. The highest BCUT2D eigenvalue weighted by molar-refractivity contribution is 5.94. The molecule has 0 spiro atoms. The summed E-state index contributed by atoms with van der Waals surface area (Å²) in [4.78, 5) is 12.1. The van der Waals surface area contributed by atoms with Crippen molar-refractivity contribution in [3.8, 4) is 0 Å². The predicted molar refractivity (Wildman–Crippen MR) is 68.9 cm³/mol. The number of nitrogens with two attached hydrogens (primary N) is 1. The van der Waals surface area contributed by atoms with Crippen molar-refractivity contribution >= 4 is 5.78 Å². The lowest BCUT2D eigenvalue weighted by Gasteiger charge is -2.26. The molecular weight excluding hydrogens is 214 g/mol. The molecule has 96 valence electrons. The second kappa shape index (κ2) is 5.45. The fraction of sp³-hybridized carbons (Fsp3) is 0.692. The molecule has 0 amide bonds. The first-order valence-electron chi connectivity index (χ1n) is 6.17. The van der Waals surface area contributed by atoms with Gasteiger partial charge >= 0.3 is 0 Å². The first kappa shape index (κ1) is 13.9. The molecule has 2 N–H and O–H groups in total. The van der Waals surface area contributed by atoms with Gasteiger partial charge in [0.25, 0.3) is 0 Å². The molecule has 1 atom stereocenters. The first-order chi connectivity index (χ1) is 7.86. The van der Waals surface area contributed by atoms with E-state index in [2.05, 4.69) is 12.0 Å². The summed E-state index contributed by atoms with van der Waals surface area (Å²) < 4.78 is 1.76. The van der Waals surface area contributed by atoms with Crippen LogP contribution in [0, 0.1) is 5.41 Å². The zero-order valence-electron chi connectivity index (χ0n) is 11.2. The average Bonchev–Trinajstić information content (AvgIpc) is 2.65. The Morgan fingerprint density at radius 1 is 1.53 bits per heavy atom. The second-order valence-electron chi connectivity index (χ2n) is 5.54. The van der Waals surface area contributed by atoms with Gasteiger partial charge in [0.2, 0.25) is 0 Å². The number of hydrogen-bond acceptors (Lipinski definition) is 3. The van der Waals surface area contributed by atoms with Crippen LogP contribution < -0.4 is 5.73 Å². The minimum absolute atomic E-state index is 0.0503. The van der Waals surface area contributed by atoms with E-state index in [9.17, 15) is 4.79 Å². The van der Waals surface area contributed by atoms with Gasteiger partial charge in [-0.1, -0.05) is 27.7 Å². The quantitative estimate of drug-likeness (QED) is 0.799. The van der Waals surface area contributed by atoms with E-state index >= 15 is 0 Å². The van der Waals surface area contributed by atoms with Crippen molar-refractivity contribution in [1.82, 2.24) is 9.78 Å². The fourth-order valence-electron chi connectivity index (χ4n) is 1.57. The van der Waals surface area contributed by atoms with Crippen LogP contribution in [0.15, 0.2) is 12.3 Å². The maximum Gasteiger partial charge on any atom is 0.182 e. The van der Waals surface area contributed by atoms with Crippen LogP contribution in [0.25, 0.3) is 0 Å². The van der Waals surface area contributed by atoms with E-state index in [0.29, 0.717) is 12.1 Å². The molecule has 4 heteroatoms. The topological polar surface area (TPSA) is 60.9 Å². The maximum atomic E-state index is 12.1. The van der Waals surface area contributed by atoms with Crippen molar-refractivity contribution < 1.29 is 4.79 Å². The smallest absolute Gasteiger partial charge is 0.182 e. The first-order valence-corrected chi connectivity index (χ1v) is 6.17. The van der Waals surface area contributed by atoms with E-state index in [1.807, 2.05) is 20.8 Å². The van der Waals surface area contributed by atoms with Crippen LogP contribution in [0.5, 0.6) is 0 Å². The van der Waals surface area contributed by atoms with Gasteiger partial charge in [-0.05, 0) is 17.9 Å². The molecule has 0 aliphatic rings. The fourth-order valence-corrected chi connectivity index (χ4v) is 1.57. The third kappa shape index (κ3) is 3.66. The van der Waals surface area contributed by atoms with Gasteiger partial charge in [-0.3, -0.25) is 9.48 Å². The van der Waals surface area contributed by atoms with E-state index in [4.69, 9.17) is 5.73 Å². The van der Waals surface area contributed by atoms with Crippen LogP contribution in [0.2, 0.25) is 0 Å². The normalized spacial score (nSPS) is 13.7. The van der Waals surface area contributed by atoms with Gasteiger partial charge < -0.3 is 5.73 Å². The second-order valence-corrected chi connectivity index (χ2v) is 5.54. The summed E-state index contributed by atoms with van der Waals surface area (Å²) in [7, 11) is 0. The number of carbonyl (C=O) groups excluding carboxylic acids is 1. The summed E-state index contributed by atoms with van der Waals surface area (Å²) >= 11 is 0. The number of carbonyl (C=O) groups is 1. The molecule has 0 saturated heterocycles. The van der Waals surface area contributed by atoms with Crippen molar-refractivity contribution in [2.24, 2.45) is 11.1 Å². The molecule has 0 fully saturated rings. The van der Waals surface area contributed by atoms with E-state index in [1.165, 1.54) is 0 Å². The van der Waals surface area contributed by atoms with Crippen molar-refractivity contribution in [1.29, 1.82) is 0 Å². The minimum atomic E-state index is -0.125. The number of ketones is 1. The third-order valence-corrected chi connectivity index (χ3v) is 2.96. The molecule has 0 aliphatic carbocycles. The molecule has 1 rings (SSSR count). The molecular formula is C13H23N3O. The number of hydrogen-bond donors (Lipinski definition) is 1. The Morgan fingerprint density at radius 2 is 2.18 bits per heavy atom. The molecule has 1 heterocycles. The van der Waals surface area contributed by atoms with Gasteiger partial charge in [0, 0.05) is 25.2 Å². The Bertz CT molecular complexity index is 376. The Kier molecular flexibility index (Phi) is 4.46. The van der Waals surface area contributed by atoms with Crippen molar-refractivity contribution in [3.63, 3.8) is 0 Å². The summed E-state index contributed by atoms with van der Waals surface area (Å²) in [5.41, 5.74) is 6.65. The van der Waals surface area contributed by atoms with E-state index in [0.717, 1.165) is 13.0 Å². The van der Waals surface area contributed by atoms with Crippen molar-refractivity contribution in [2.45, 2.75) is 53.1 Å². The third-order valence-electron chi connectivity index (χ3n) is 2.96. The summed E-state index contributed by atoms with van der Waals surface area (Å²) in [6.07, 6.45) is 3.01. The number of rotatable bonds is 5. The molecule has 1 aromatic rings. The zero-order chi connectivity index (χ0) is 13.1. The molecule has 17 heavy (non-hydrogen) atoms. The van der Waals surface area contributed by atoms with Gasteiger partial charge in [0.1, 0.15) is 5.69 Å². The van der Waals surface area contributed by atoms with Gasteiger partial charge in [-0.15, -0.1) is 0 Å². The highest BCUT2D eigenvalue weighted by atomic mass is 16.1. The van der Waals surface area contributed by atoms with Crippen molar-refractivity contribution in [3.05, 3.63) is 18.0 Å². The number of Topliss-reactive ketones (excluding diaryl/α,β-unsaturated/α-hetero) is 1. The molecule has 0 bridgehead atoms. The molecule has 0 saturated carbocycles. The summed E-state index contributed by atoms with van der Waals surface area (Å²) in [5.74, 6) is 0.0818. The minimum Gasteiger partial charge on any atom is -0.327 e. The summed E-state index contributed by atoms with van der Waals surface area (Å²) in [6, 6.07) is 1.65. The molecule has 4 nitrogen and oxygen atoms in total. The predicted octanol–water partition coefficient (Wildman–Crippen LogP) is 2.24. The van der Waals surface area contributed by atoms with Crippen LogP contribution in [0.1, 0.15) is 51.0 Å². The Labute approximate surface area is 103 Å². The highest BCUT2D eigenvalue weighted by Crippen LogP contribution is 2.21. The molecule has 1 unspecified atom stereocenters. The van der Waals surface area contributed by atoms with Gasteiger partial charge in [-0.25, -0.2) is 0 Å². The zero-order valence-corrected chi connectivity index (χ0v) is 11.2. The van der Waals surface area contributed by atoms with Crippen LogP contribution in [0.3, 0.4) is 0 Å².